The van der Waals surface area contributed by atoms with E-state index in [1.807, 2.05) is 22.6 Å². The average molecular weight is 651 g/mol. The van der Waals surface area contributed by atoms with Gasteiger partial charge in [0.2, 0.25) is 0 Å². The lowest BCUT2D eigenvalue weighted by Crippen LogP contribution is -2.20. The first-order chi connectivity index (χ1) is 18.6. The molecule has 1 aromatic heterocycles. The minimum Gasteiger partial charge on any atom is -0.490 e. The van der Waals surface area contributed by atoms with Gasteiger partial charge in [-0.1, -0.05) is 24.3 Å². The van der Waals surface area contributed by atoms with Gasteiger partial charge in [-0.15, -0.1) is 0 Å². The Morgan fingerprint density at radius 1 is 1.10 bits per heavy atom. The molecule has 1 heterocycles. The van der Waals surface area contributed by atoms with E-state index in [0.29, 0.717) is 32.8 Å². The van der Waals surface area contributed by atoms with Gasteiger partial charge in [-0.3, -0.25) is 4.79 Å². The molecule has 0 fully saturated rings. The molecular formula is C27H21F3IN3O5. The highest BCUT2D eigenvalue weighted by molar-refractivity contribution is 14.1. The van der Waals surface area contributed by atoms with Crippen molar-refractivity contribution in [2.75, 3.05) is 20.3 Å². The predicted molar refractivity (Wildman–Crippen MR) is 147 cm³/mol. The van der Waals surface area contributed by atoms with Crippen molar-refractivity contribution in [3.63, 3.8) is 0 Å². The molecule has 0 saturated heterocycles. The van der Waals surface area contributed by atoms with Crippen molar-refractivity contribution in [3.8, 4) is 22.9 Å². The van der Waals surface area contributed by atoms with Crippen LogP contribution in [-0.4, -0.2) is 42.2 Å². The summed E-state index contributed by atoms with van der Waals surface area (Å²) < 4.78 is 57.6. The summed E-state index contributed by atoms with van der Waals surface area (Å²) in [5, 5.41) is 4.57. The fourth-order valence-corrected chi connectivity index (χ4v) is 4.41. The lowest BCUT2D eigenvalue weighted by Gasteiger charge is -2.14. The normalized spacial score (nSPS) is 11.6. The van der Waals surface area contributed by atoms with Gasteiger partial charge in [-0.05, 0) is 71.5 Å². The molecule has 39 heavy (non-hydrogen) atoms. The number of rotatable bonds is 8. The second-order valence-corrected chi connectivity index (χ2v) is 9.18. The van der Waals surface area contributed by atoms with Crippen LogP contribution < -0.4 is 15.0 Å². The van der Waals surface area contributed by atoms with Crippen molar-refractivity contribution >= 4 is 45.7 Å². The molecule has 4 aromatic rings. The van der Waals surface area contributed by atoms with Crippen LogP contribution in [0.4, 0.5) is 13.2 Å². The van der Waals surface area contributed by atoms with Gasteiger partial charge in [-0.2, -0.15) is 22.9 Å². The van der Waals surface area contributed by atoms with Crippen LogP contribution in [0.3, 0.4) is 0 Å². The largest absolute Gasteiger partial charge is 0.490 e. The fraction of sp³-hybridized carbons (Fsp3) is 0.185. The second-order valence-electron chi connectivity index (χ2n) is 8.02. The van der Waals surface area contributed by atoms with E-state index < -0.39 is 23.3 Å². The van der Waals surface area contributed by atoms with Crippen LogP contribution in [0, 0.1) is 3.57 Å². The molecule has 8 nitrogen and oxygen atoms in total. The first-order valence-electron chi connectivity index (χ1n) is 11.5. The van der Waals surface area contributed by atoms with E-state index in [9.17, 15) is 22.8 Å². The summed E-state index contributed by atoms with van der Waals surface area (Å²) in [7, 11) is 1.25. The third kappa shape index (κ3) is 6.38. The van der Waals surface area contributed by atoms with Crippen LogP contribution in [0.25, 0.3) is 22.3 Å². The van der Waals surface area contributed by atoms with Gasteiger partial charge >= 0.3 is 12.1 Å². The number of carbonyl (C=O) groups excluding carboxylic acids is 1. The molecule has 0 radical (unpaired) electrons. The Bertz CT molecular complexity index is 1620. The molecule has 0 amide bonds. The molecule has 0 N–H and O–H groups in total. The van der Waals surface area contributed by atoms with E-state index in [4.69, 9.17) is 9.47 Å². The first kappa shape index (κ1) is 28.1. The van der Waals surface area contributed by atoms with E-state index in [1.54, 1.807) is 43.3 Å². The number of aromatic nitrogens is 2. The van der Waals surface area contributed by atoms with Crippen molar-refractivity contribution in [2.45, 2.75) is 13.1 Å². The van der Waals surface area contributed by atoms with Crippen LogP contribution in [0.5, 0.6) is 11.5 Å². The summed E-state index contributed by atoms with van der Waals surface area (Å²) in [6, 6.07) is 14.3. The number of nitrogens with zero attached hydrogens (tertiary/aromatic N) is 3. The third-order valence-corrected chi connectivity index (χ3v) is 6.22. The molecule has 0 bridgehead atoms. The highest BCUT2D eigenvalue weighted by Gasteiger charge is 2.31. The maximum Gasteiger partial charge on any atom is 0.416 e. The lowest BCUT2D eigenvalue weighted by molar-refractivity contribution is -0.143. The van der Waals surface area contributed by atoms with Gasteiger partial charge in [0.15, 0.2) is 23.9 Å². The summed E-state index contributed by atoms with van der Waals surface area (Å²) in [5.74, 6) is 0.0361. The van der Waals surface area contributed by atoms with Gasteiger partial charge in [0.25, 0.3) is 5.56 Å². The molecular weight excluding hydrogens is 630 g/mol. The van der Waals surface area contributed by atoms with Gasteiger partial charge in [0.1, 0.15) is 0 Å². The van der Waals surface area contributed by atoms with Crippen molar-refractivity contribution in [1.29, 1.82) is 0 Å². The number of benzene rings is 3. The van der Waals surface area contributed by atoms with Gasteiger partial charge < -0.3 is 14.2 Å². The van der Waals surface area contributed by atoms with Crippen molar-refractivity contribution in [3.05, 3.63) is 85.7 Å². The van der Waals surface area contributed by atoms with Crippen LogP contribution in [0.15, 0.2) is 70.6 Å². The number of para-hydroxylation sites is 1. The van der Waals surface area contributed by atoms with Gasteiger partial charge in [-0.25, -0.2) is 9.78 Å². The first-order valence-corrected chi connectivity index (χ1v) is 12.6. The van der Waals surface area contributed by atoms with E-state index in [0.717, 1.165) is 16.8 Å². The Kier molecular flexibility index (Phi) is 8.53. The smallest absolute Gasteiger partial charge is 0.416 e. The molecule has 0 spiro atoms. The summed E-state index contributed by atoms with van der Waals surface area (Å²) in [6.45, 7) is 1.76. The zero-order valence-corrected chi connectivity index (χ0v) is 22.8. The van der Waals surface area contributed by atoms with Crippen LogP contribution >= 0.6 is 22.6 Å². The highest BCUT2D eigenvalue weighted by Crippen LogP contribution is 2.34. The Balaban J connectivity index is 1.83. The number of ether oxygens (including phenoxy) is 3. The predicted octanol–water partition coefficient (Wildman–Crippen LogP) is 5.52. The number of alkyl halides is 3. The van der Waals surface area contributed by atoms with Crippen molar-refractivity contribution in [1.82, 2.24) is 9.66 Å². The zero-order chi connectivity index (χ0) is 28.2. The number of methoxy groups -OCH3 is 1. The lowest BCUT2D eigenvalue weighted by atomic mass is 10.1. The van der Waals surface area contributed by atoms with E-state index >= 15 is 0 Å². The maximum absolute atomic E-state index is 13.4. The summed E-state index contributed by atoms with van der Waals surface area (Å²) in [4.78, 5) is 29.4. The van der Waals surface area contributed by atoms with Crippen molar-refractivity contribution in [2.24, 2.45) is 5.10 Å². The highest BCUT2D eigenvalue weighted by atomic mass is 127. The zero-order valence-electron chi connectivity index (χ0n) is 20.7. The number of fused-ring (bicyclic) bond motifs is 1. The van der Waals surface area contributed by atoms with Crippen LogP contribution in [0.1, 0.15) is 18.1 Å². The van der Waals surface area contributed by atoms with Crippen LogP contribution in [0.2, 0.25) is 0 Å². The Hall–Kier alpha value is -3.94. The maximum atomic E-state index is 13.4. The van der Waals surface area contributed by atoms with Gasteiger partial charge in [0.05, 0.1) is 40.0 Å². The molecule has 0 aliphatic heterocycles. The molecule has 0 unspecified atom stereocenters. The molecule has 0 atom stereocenters. The summed E-state index contributed by atoms with van der Waals surface area (Å²) >= 11 is 2.00. The standard InChI is InChI=1S/C27H21F3IN3O5/c1-3-38-22-12-16(11-20(31)24(22)39-15-23(35)37-2)14-32-34-25(17-7-6-8-18(13-17)27(28,29)30)33-21-10-5-4-9-19(21)26(34)36/h4-14H,3,15H2,1-2H3. The Morgan fingerprint density at radius 3 is 2.59 bits per heavy atom. The van der Waals surface area contributed by atoms with Gasteiger partial charge in [0, 0.05) is 5.56 Å². The second kappa shape index (κ2) is 11.8. The average Bonchev–Trinajstić information content (AvgIpc) is 2.91. The Morgan fingerprint density at radius 2 is 1.87 bits per heavy atom. The molecule has 0 saturated carbocycles. The van der Waals surface area contributed by atoms with E-state index in [1.165, 1.54) is 25.5 Å². The fourth-order valence-electron chi connectivity index (χ4n) is 3.63. The number of halogens is 4. The molecule has 12 heteroatoms. The number of carbonyl (C=O) groups is 1. The molecule has 4 rings (SSSR count). The van der Waals surface area contributed by atoms with E-state index in [-0.39, 0.29) is 23.4 Å². The quantitative estimate of drug-likeness (QED) is 0.142. The minimum absolute atomic E-state index is 0.0567. The summed E-state index contributed by atoms with van der Waals surface area (Å²) in [5.41, 5.74) is -0.538. The monoisotopic (exact) mass is 651 g/mol. The minimum atomic E-state index is -4.58. The number of hydrogen-bond acceptors (Lipinski definition) is 7. The topological polar surface area (TPSA) is 92.0 Å². The van der Waals surface area contributed by atoms with Crippen molar-refractivity contribution < 1.29 is 32.2 Å². The third-order valence-electron chi connectivity index (χ3n) is 5.42. The SMILES string of the molecule is CCOc1cc(C=Nn2c(-c3cccc(C(F)(F)F)c3)nc3ccccc3c2=O)cc(I)c1OCC(=O)OC. The number of hydrogen-bond donors (Lipinski definition) is 0. The molecule has 3 aromatic carbocycles. The molecule has 202 valence electrons. The van der Waals surface area contributed by atoms with Crippen LogP contribution in [-0.2, 0) is 15.7 Å². The number of esters is 1. The Labute approximate surface area is 234 Å². The summed E-state index contributed by atoms with van der Waals surface area (Å²) in [6.07, 6.45) is -3.21. The molecule has 0 aliphatic rings. The molecule has 0 aliphatic carbocycles. The van der Waals surface area contributed by atoms with E-state index in [2.05, 4.69) is 14.8 Å².